The van der Waals surface area contributed by atoms with E-state index in [1.807, 2.05) is 0 Å². The molecule has 0 bridgehead atoms. The van der Waals surface area contributed by atoms with Gasteiger partial charge in [-0.25, -0.2) is 0 Å². The molecule has 0 aromatic carbocycles. The van der Waals surface area contributed by atoms with Gasteiger partial charge in [0.1, 0.15) is 0 Å². The summed E-state index contributed by atoms with van der Waals surface area (Å²) in [7, 11) is 2.09. The molecule has 128 valence electrons. The summed E-state index contributed by atoms with van der Waals surface area (Å²) in [4.78, 5) is 0. The van der Waals surface area contributed by atoms with E-state index in [4.69, 9.17) is 0 Å². The molecule has 22 heavy (non-hydrogen) atoms. The van der Waals surface area contributed by atoms with Crippen molar-refractivity contribution in [1.29, 1.82) is 0 Å². The lowest BCUT2D eigenvalue weighted by Gasteiger charge is -2.32. The van der Waals surface area contributed by atoms with Crippen LogP contribution in [0.15, 0.2) is 0 Å². The Labute approximate surface area is 140 Å². The van der Waals surface area contributed by atoms with E-state index in [9.17, 15) is 0 Å². The van der Waals surface area contributed by atoms with Crippen LogP contribution in [-0.2, 0) is 0 Å². The van der Waals surface area contributed by atoms with Crippen LogP contribution in [-0.4, -0.2) is 13.1 Å². The Morgan fingerprint density at radius 1 is 1.00 bits per heavy atom. The maximum atomic E-state index is 3.52. The maximum Gasteiger partial charge on any atom is 0.0120 e. The van der Waals surface area contributed by atoms with Crippen LogP contribution >= 0.6 is 0 Å². The molecule has 0 spiro atoms. The van der Waals surface area contributed by atoms with Gasteiger partial charge in [0.05, 0.1) is 0 Å². The second-order valence-electron chi connectivity index (χ2n) is 7.71. The SMILES string of the molecule is CCC(C)CC#CCC(CC1CCCCC1)C(C)C(C)NC. The predicted molar refractivity (Wildman–Crippen MR) is 98.8 cm³/mol. The molecule has 1 nitrogen and oxygen atoms in total. The van der Waals surface area contributed by atoms with Gasteiger partial charge in [0.15, 0.2) is 0 Å². The smallest absolute Gasteiger partial charge is 0.0120 e. The second kappa shape index (κ2) is 11.1. The van der Waals surface area contributed by atoms with Gasteiger partial charge >= 0.3 is 0 Å². The highest BCUT2D eigenvalue weighted by Crippen LogP contribution is 2.33. The van der Waals surface area contributed by atoms with Crippen molar-refractivity contribution >= 4 is 0 Å². The standard InChI is InChI=1S/C21H39N/c1-6-17(2)12-10-11-15-21(18(3)19(4)22-5)16-20-13-8-7-9-14-20/h17-22H,6-9,12-16H2,1-5H3. The Bertz CT molecular complexity index is 332. The summed E-state index contributed by atoms with van der Waals surface area (Å²) in [5, 5.41) is 3.45. The Morgan fingerprint density at radius 2 is 1.64 bits per heavy atom. The van der Waals surface area contributed by atoms with Gasteiger partial charge in [0.25, 0.3) is 0 Å². The Kier molecular flexibility index (Phi) is 9.89. The minimum atomic E-state index is 0.588. The summed E-state index contributed by atoms with van der Waals surface area (Å²) in [6.45, 7) is 9.31. The predicted octanol–water partition coefficient (Wildman–Crippen LogP) is 5.65. The van der Waals surface area contributed by atoms with Gasteiger partial charge in [-0.05, 0) is 44.1 Å². The number of hydrogen-bond donors (Lipinski definition) is 1. The molecule has 1 fully saturated rings. The molecule has 1 aliphatic rings. The first-order chi connectivity index (χ1) is 10.6. The van der Waals surface area contributed by atoms with Crippen LogP contribution in [0.5, 0.6) is 0 Å². The van der Waals surface area contributed by atoms with Gasteiger partial charge in [-0.15, -0.1) is 11.8 Å². The molecule has 0 aromatic rings. The normalized spacial score (nSPS) is 21.5. The molecular formula is C21H39N. The highest BCUT2D eigenvalue weighted by atomic mass is 14.9. The first kappa shape index (κ1) is 19.6. The quantitative estimate of drug-likeness (QED) is 0.572. The number of rotatable bonds is 8. The van der Waals surface area contributed by atoms with Crippen molar-refractivity contribution < 1.29 is 0 Å². The highest BCUT2D eigenvalue weighted by molar-refractivity contribution is 5.02. The third kappa shape index (κ3) is 7.19. The lowest BCUT2D eigenvalue weighted by molar-refractivity contribution is 0.215. The van der Waals surface area contributed by atoms with Gasteiger partial charge < -0.3 is 5.32 Å². The van der Waals surface area contributed by atoms with E-state index < -0.39 is 0 Å². The van der Waals surface area contributed by atoms with Crippen molar-refractivity contribution in [2.24, 2.45) is 23.7 Å². The van der Waals surface area contributed by atoms with E-state index in [0.29, 0.717) is 12.0 Å². The van der Waals surface area contributed by atoms with E-state index in [1.165, 1.54) is 44.9 Å². The third-order valence-corrected chi connectivity index (χ3v) is 5.99. The van der Waals surface area contributed by atoms with Gasteiger partial charge in [-0.1, -0.05) is 59.3 Å². The third-order valence-electron chi connectivity index (χ3n) is 5.99. The van der Waals surface area contributed by atoms with Gasteiger partial charge in [0, 0.05) is 18.9 Å². The largest absolute Gasteiger partial charge is 0.317 e. The molecule has 0 aliphatic heterocycles. The minimum Gasteiger partial charge on any atom is -0.317 e. The van der Waals surface area contributed by atoms with Gasteiger partial charge in [-0.2, -0.15) is 0 Å². The van der Waals surface area contributed by atoms with E-state index in [2.05, 4.69) is 51.9 Å². The zero-order chi connectivity index (χ0) is 16.4. The van der Waals surface area contributed by atoms with Crippen molar-refractivity contribution in [3.63, 3.8) is 0 Å². The topological polar surface area (TPSA) is 12.0 Å². The Morgan fingerprint density at radius 3 is 2.23 bits per heavy atom. The number of hydrogen-bond acceptors (Lipinski definition) is 1. The Hall–Kier alpha value is -0.480. The van der Waals surface area contributed by atoms with Crippen molar-refractivity contribution in [3.05, 3.63) is 0 Å². The van der Waals surface area contributed by atoms with Crippen molar-refractivity contribution in [1.82, 2.24) is 5.32 Å². The first-order valence-electron chi connectivity index (χ1n) is 9.71. The fourth-order valence-corrected chi connectivity index (χ4v) is 3.60. The molecule has 0 radical (unpaired) electrons. The van der Waals surface area contributed by atoms with Crippen LogP contribution in [0.3, 0.4) is 0 Å². The average molecular weight is 306 g/mol. The monoisotopic (exact) mass is 305 g/mol. The summed E-state index contributed by atoms with van der Waals surface area (Å²) in [6.07, 6.45) is 12.1. The minimum absolute atomic E-state index is 0.588. The lowest BCUT2D eigenvalue weighted by Crippen LogP contribution is -2.34. The van der Waals surface area contributed by atoms with Crippen LogP contribution in [0.1, 0.15) is 85.5 Å². The molecule has 1 N–H and O–H groups in total. The zero-order valence-corrected chi connectivity index (χ0v) is 15.8. The zero-order valence-electron chi connectivity index (χ0n) is 15.8. The molecule has 1 rings (SSSR count). The van der Waals surface area contributed by atoms with E-state index in [0.717, 1.165) is 30.6 Å². The highest BCUT2D eigenvalue weighted by Gasteiger charge is 2.25. The summed E-state index contributed by atoms with van der Waals surface area (Å²) < 4.78 is 0. The molecule has 0 amide bonds. The molecule has 1 aliphatic carbocycles. The van der Waals surface area contributed by atoms with Crippen molar-refractivity contribution in [2.45, 2.75) is 91.5 Å². The van der Waals surface area contributed by atoms with Crippen molar-refractivity contribution in [2.75, 3.05) is 7.05 Å². The summed E-state index contributed by atoms with van der Waals surface area (Å²) in [5.41, 5.74) is 0. The molecule has 1 saturated carbocycles. The second-order valence-corrected chi connectivity index (χ2v) is 7.71. The molecule has 0 aromatic heterocycles. The van der Waals surface area contributed by atoms with E-state index in [1.54, 1.807) is 0 Å². The van der Waals surface area contributed by atoms with E-state index >= 15 is 0 Å². The van der Waals surface area contributed by atoms with Crippen LogP contribution in [0.25, 0.3) is 0 Å². The first-order valence-corrected chi connectivity index (χ1v) is 9.71. The van der Waals surface area contributed by atoms with E-state index in [-0.39, 0.29) is 0 Å². The molecular weight excluding hydrogens is 266 g/mol. The van der Waals surface area contributed by atoms with Crippen LogP contribution in [0.2, 0.25) is 0 Å². The number of nitrogens with one attached hydrogen (secondary N) is 1. The van der Waals surface area contributed by atoms with Crippen LogP contribution in [0.4, 0.5) is 0 Å². The average Bonchev–Trinajstić information content (AvgIpc) is 2.56. The van der Waals surface area contributed by atoms with Gasteiger partial charge in [0.2, 0.25) is 0 Å². The lowest BCUT2D eigenvalue weighted by atomic mass is 9.76. The molecule has 0 saturated heterocycles. The molecule has 4 atom stereocenters. The molecule has 4 unspecified atom stereocenters. The maximum absolute atomic E-state index is 3.52. The molecule has 0 heterocycles. The fraction of sp³-hybridized carbons (Fsp3) is 0.905. The summed E-state index contributed by atoms with van der Waals surface area (Å²) in [6, 6.07) is 0.588. The van der Waals surface area contributed by atoms with Crippen LogP contribution in [0, 0.1) is 35.5 Å². The fourth-order valence-electron chi connectivity index (χ4n) is 3.60. The summed E-state index contributed by atoms with van der Waals surface area (Å²) >= 11 is 0. The van der Waals surface area contributed by atoms with Crippen LogP contribution < -0.4 is 5.32 Å². The summed E-state index contributed by atoms with van der Waals surface area (Å²) in [5.74, 6) is 10.1. The van der Waals surface area contributed by atoms with Crippen molar-refractivity contribution in [3.8, 4) is 11.8 Å². The molecule has 1 heteroatoms. The Balaban J connectivity index is 2.56. The van der Waals surface area contributed by atoms with Gasteiger partial charge in [-0.3, -0.25) is 0 Å².